The molecule has 0 aromatic carbocycles. The number of nitrogens with zero attached hydrogens (tertiary/aromatic N) is 1. The summed E-state index contributed by atoms with van der Waals surface area (Å²) >= 11 is 6.11. The molecule has 1 saturated heterocycles. The zero-order valence-electron chi connectivity index (χ0n) is 18.8. The minimum Gasteiger partial charge on any atom is -0.474 e. The van der Waals surface area contributed by atoms with Gasteiger partial charge in [0.15, 0.2) is 0 Å². The van der Waals surface area contributed by atoms with Crippen LogP contribution in [0, 0.1) is 0 Å². The maximum Gasteiger partial charge on any atom is 0.496 e. The van der Waals surface area contributed by atoms with Crippen LogP contribution < -0.4 is 10.2 Å². The predicted octanol–water partition coefficient (Wildman–Crippen LogP) is 2.82. The largest absolute Gasteiger partial charge is 0.496 e. The molecule has 4 nitrogen and oxygen atoms in total. The van der Waals surface area contributed by atoms with Gasteiger partial charge in [0.2, 0.25) is 5.88 Å². The molecule has 110 valence electrons. The van der Waals surface area contributed by atoms with Crippen LogP contribution in [-0.2, 0) is 9.31 Å². The highest BCUT2D eigenvalue weighted by Crippen LogP contribution is 2.36. The third-order valence-corrected chi connectivity index (χ3v) is 3.82. The van der Waals surface area contributed by atoms with Crippen LogP contribution in [0.2, 0.25) is 5.02 Å². The Hall–Kier alpha value is -0.775. The van der Waals surface area contributed by atoms with Crippen LogP contribution in [-0.4, -0.2) is 29.4 Å². The lowest BCUT2D eigenvalue weighted by Gasteiger charge is -2.32. The molecular formula is C14H21BClNO3. The van der Waals surface area contributed by atoms with E-state index >= 15 is 0 Å². The van der Waals surface area contributed by atoms with Gasteiger partial charge in [0, 0.05) is 19.9 Å². The molecule has 0 radical (unpaired) electrons. The van der Waals surface area contributed by atoms with Crippen molar-refractivity contribution in [1.82, 2.24) is 4.98 Å². The SMILES string of the molecule is [2H]C([2H])([2H])C([2H])(Oc1ncc(B2OC(C)(C)C(C)(C)O2)cc1Cl)C([2H])([2H])[2H]. The molecule has 1 aliphatic heterocycles. The molecule has 2 heterocycles. The molecule has 1 aromatic rings. The van der Waals surface area contributed by atoms with Crippen molar-refractivity contribution in [3.63, 3.8) is 0 Å². The summed E-state index contributed by atoms with van der Waals surface area (Å²) in [6, 6.07) is 1.38. The lowest BCUT2D eigenvalue weighted by atomic mass is 9.80. The Kier molecular flexibility index (Phi) is 2.24. The number of ether oxygens (including phenoxy) is 1. The summed E-state index contributed by atoms with van der Waals surface area (Å²) in [5.74, 6) is -0.473. The van der Waals surface area contributed by atoms with Crippen molar-refractivity contribution in [3.8, 4) is 5.88 Å². The summed E-state index contributed by atoms with van der Waals surface area (Å²) in [4.78, 5) is 3.90. The minimum absolute atomic E-state index is 0.160. The van der Waals surface area contributed by atoms with E-state index in [0.717, 1.165) is 0 Å². The van der Waals surface area contributed by atoms with Crippen LogP contribution >= 0.6 is 11.6 Å². The minimum atomic E-state index is -3.26. The van der Waals surface area contributed by atoms with E-state index in [-0.39, 0.29) is 5.02 Å². The zero-order valence-corrected chi connectivity index (χ0v) is 12.5. The summed E-state index contributed by atoms with van der Waals surface area (Å²) in [6.07, 6.45) is -1.94. The molecular weight excluding hydrogens is 276 g/mol. The van der Waals surface area contributed by atoms with Gasteiger partial charge in [0.25, 0.3) is 0 Å². The Morgan fingerprint density at radius 3 is 2.45 bits per heavy atom. The van der Waals surface area contributed by atoms with Gasteiger partial charge < -0.3 is 14.0 Å². The number of pyridine rings is 1. The molecule has 2 rings (SSSR count). The molecule has 0 amide bonds. The average Bonchev–Trinajstić information content (AvgIpc) is 2.67. The van der Waals surface area contributed by atoms with E-state index in [1.807, 2.05) is 27.7 Å². The first-order chi connectivity index (χ1) is 11.9. The van der Waals surface area contributed by atoms with Crippen LogP contribution in [0.5, 0.6) is 5.88 Å². The van der Waals surface area contributed by atoms with E-state index in [4.69, 9.17) is 35.2 Å². The van der Waals surface area contributed by atoms with E-state index in [1.165, 1.54) is 12.3 Å². The molecule has 0 saturated carbocycles. The van der Waals surface area contributed by atoms with Crippen molar-refractivity contribution in [1.29, 1.82) is 0 Å². The quantitative estimate of drug-likeness (QED) is 0.805. The first kappa shape index (κ1) is 8.62. The molecule has 0 bridgehead atoms. The van der Waals surface area contributed by atoms with Crippen LogP contribution in [0.25, 0.3) is 0 Å². The van der Waals surface area contributed by atoms with Crippen molar-refractivity contribution < 1.29 is 23.6 Å². The summed E-state index contributed by atoms with van der Waals surface area (Å²) in [5.41, 5.74) is -0.722. The zero-order chi connectivity index (χ0) is 21.1. The normalized spacial score (nSPS) is 27.4. The molecule has 0 atom stereocenters. The molecule has 0 unspecified atom stereocenters. The first-order valence-electron chi connectivity index (χ1n) is 9.61. The fourth-order valence-corrected chi connectivity index (χ4v) is 1.93. The number of halogens is 1. The summed E-state index contributed by atoms with van der Waals surface area (Å²) < 4.78 is 68.9. The van der Waals surface area contributed by atoms with Gasteiger partial charge in [-0.15, -0.1) is 0 Å². The third-order valence-electron chi connectivity index (χ3n) is 3.55. The lowest BCUT2D eigenvalue weighted by molar-refractivity contribution is 0.00578. The van der Waals surface area contributed by atoms with Crippen LogP contribution in [0.1, 0.15) is 51.0 Å². The Labute approximate surface area is 135 Å². The number of hydrogen-bond donors (Lipinski definition) is 0. The second kappa shape index (κ2) is 5.21. The second-order valence-corrected chi connectivity index (χ2v) is 5.98. The second-order valence-electron chi connectivity index (χ2n) is 5.58. The fourth-order valence-electron chi connectivity index (χ4n) is 1.72. The van der Waals surface area contributed by atoms with E-state index in [9.17, 15) is 0 Å². The summed E-state index contributed by atoms with van der Waals surface area (Å²) in [7, 11) is -0.764. The maximum absolute atomic E-state index is 7.89. The Morgan fingerprint density at radius 2 is 1.95 bits per heavy atom. The van der Waals surface area contributed by atoms with Crippen molar-refractivity contribution in [2.24, 2.45) is 0 Å². The van der Waals surface area contributed by atoms with Gasteiger partial charge >= 0.3 is 7.12 Å². The predicted molar refractivity (Wildman–Crippen MR) is 80.7 cm³/mol. The van der Waals surface area contributed by atoms with Crippen molar-refractivity contribution in [2.75, 3.05) is 0 Å². The molecule has 1 aromatic heterocycles. The highest BCUT2D eigenvalue weighted by atomic mass is 35.5. The Balaban J connectivity index is 2.33. The fraction of sp³-hybridized carbons (Fsp3) is 0.643. The Morgan fingerprint density at radius 1 is 1.35 bits per heavy atom. The van der Waals surface area contributed by atoms with E-state index in [0.29, 0.717) is 5.46 Å². The van der Waals surface area contributed by atoms with Gasteiger partial charge in [-0.1, -0.05) is 11.6 Å². The van der Waals surface area contributed by atoms with Gasteiger partial charge in [-0.3, -0.25) is 0 Å². The van der Waals surface area contributed by atoms with Crippen LogP contribution in [0.3, 0.4) is 0 Å². The Bertz CT molecular complexity index is 694. The molecule has 1 fully saturated rings. The molecule has 0 spiro atoms. The highest BCUT2D eigenvalue weighted by Gasteiger charge is 2.51. The molecule has 20 heavy (non-hydrogen) atoms. The molecule has 6 heteroatoms. The standard InChI is InChI=1S/C14H21BClNO3/c1-9(2)18-12-11(16)7-10(8-17-12)15-19-13(3,4)14(5,6)20-15/h7-9H,1-6H3/i1D3,2D3,9D. The third kappa shape index (κ3) is 2.95. The average molecular weight is 305 g/mol. The number of aromatic nitrogens is 1. The molecule has 1 aliphatic rings. The molecule has 0 N–H and O–H groups in total. The van der Waals surface area contributed by atoms with E-state index < -0.39 is 44.0 Å². The van der Waals surface area contributed by atoms with Crippen molar-refractivity contribution in [2.45, 2.75) is 58.7 Å². The topological polar surface area (TPSA) is 40.6 Å². The maximum atomic E-state index is 7.89. The van der Waals surface area contributed by atoms with E-state index in [2.05, 4.69) is 4.98 Å². The van der Waals surface area contributed by atoms with E-state index in [1.54, 1.807) is 0 Å². The monoisotopic (exact) mass is 304 g/mol. The van der Waals surface area contributed by atoms with Crippen molar-refractivity contribution in [3.05, 3.63) is 17.3 Å². The van der Waals surface area contributed by atoms with Gasteiger partial charge in [0.05, 0.1) is 18.7 Å². The summed E-state index contributed by atoms with van der Waals surface area (Å²) in [6.45, 7) is 0.990. The van der Waals surface area contributed by atoms with Gasteiger partial charge in [-0.05, 0) is 47.5 Å². The van der Waals surface area contributed by atoms with Gasteiger partial charge in [0.1, 0.15) is 5.02 Å². The number of hydrogen-bond acceptors (Lipinski definition) is 4. The van der Waals surface area contributed by atoms with Crippen LogP contribution in [0.15, 0.2) is 12.3 Å². The van der Waals surface area contributed by atoms with Crippen LogP contribution in [0.4, 0.5) is 0 Å². The smallest absolute Gasteiger partial charge is 0.474 e. The van der Waals surface area contributed by atoms with Gasteiger partial charge in [-0.2, -0.15) is 0 Å². The number of rotatable bonds is 3. The van der Waals surface area contributed by atoms with Gasteiger partial charge in [-0.25, -0.2) is 4.98 Å². The lowest BCUT2D eigenvalue weighted by Crippen LogP contribution is -2.41. The first-order valence-corrected chi connectivity index (χ1v) is 6.49. The highest BCUT2D eigenvalue weighted by molar-refractivity contribution is 6.62. The van der Waals surface area contributed by atoms with Crippen molar-refractivity contribution >= 4 is 24.2 Å². The molecule has 0 aliphatic carbocycles. The summed E-state index contributed by atoms with van der Waals surface area (Å²) in [5, 5.41) is -0.160.